The summed E-state index contributed by atoms with van der Waals surface area (Å²) in [4.78, 5) is 8.29. The molecule has 0 spiro atoms. The first-order valence-corrected chi connectivity index (χ1v) is 4.70. The zero-order chi connectivity index (χ0) is 10.7. The molecule has 6 nitrogen and oxygen atoms in total. The van der Waals surface area contributed by atoms with E-state index in [2.05, 4.69) is 15.1 Å². The van der Waals surface area contributed by atoms with Gasteiger partial charge in [-0.05, 0) is 6.92 Å². The number of hydrogen-bond donors (Lipinski definition) is 1. The third-order valence-electron chi connectivity index (χ3n) is 1.84. The van der Waals surface area contributed by atoms with Crippen molar-refractivity contribution in [3.05, 3.63) is 29.6 Å². The van der Waals surface area contributed by atoms with Gasteiger partial charge in [0.1, 0.15) is 6.26 Å². The third-order valence-corrected chi connectivity index (χ3v) is 1.84. The maximum atomic E-state index is 5.37. The molecule has 2 aromatic rings. The third kappa shape index (κ3) is 2.41. The van der Waals surface area contributed by atoms with Crippen LogP contribution in [0.25, 0.3) is 0 Å². The standard InChI is InChI=1S/C9H12N4O2/c1-6-5-14-9(11-6)4-7-12-8(2-3-10)15-13-7/h5H,2-4,10H2,1H3. The molecule has 0 aliphatic heterocycles. The minimum absolute atomic E-state index is 0.446. The molecule has 0 aliphatic carbocycles. The lowest BCUT2D eigenvalue weighted by molar-refractivity contribution is 0.373. The van der Waals surface area contributed by atoms with Crippen LogP contribution in [0.15, 0.2) is 15.2 Å². The molecule has 0 bridgehead atoms. The van der Waals surface area contributed by atoms with E-state index in [9.17, 15) is 0 Å². The van der Waals surface area contributed by atoms with Crippen LogP contribution in [0, 0.1) is 6.92 Å². The van der Waals surface area contributed by atoms with E-state index < -0.39 is 0 Å². The second-order valence-electron chi connectivity index (χ2n) is 3.20. The Bertz CT molecular complexity index is 435. The zero-order valence-corrected chi connectivity index (χ0v) is 8.43. The smallest absolute Gasteiger partial charge is 0.227 e. The summed E-state index contributed by atoms with van der Waals surface area (Å²) in [7, 11) is 0. The number of oxazole rings is 1. The molecule has 2 aromatic heterocycles. The van der Waals surface area contributed by atoms with Crippen molar-refractivity contribution < 1.29 is 8.94 Å². The SMILES string of the molecule is Cc1coc(Cc2noc(CCN)n2)n1. The Morgan fingerprint density at radius 1 is 1.33 bits per heavy atom. The number of hydrogen-bond acceptors (Lipinski definition) is 6. The van der Waals surface area contributed by atoms with Crippen molar-refractivity contribution >= 4 is 0 Å². The maximum Gasteiger partial charge on any atom is 0.227 e. The van der Waals surface area contributed by atoms with Crippen LogP contribution in [0.3, 0.4) is 0 Å². The van der Waals surface area contributed by atoms with Crippen LogP contribution in [-0.2, 0) is 12.8 Å². The van der Waals surface area contributed by atoms with Crippen molar-refractivity contribution in [3.8, 4) is 0 Å². The fraction of sp³-hybridized carbons (Fsp3) is 0.444. The van der Waals surface area contributed by atoms with Crippen molar-refractivity contribution in [2.75, 3.05) is 6.54 Å². The Hall–Kier alpha value is -1.69. The van der Waals surface area contributed by atoms with Crippen molar-refractivity contribution in [1.82, 2.24) is 15.1 Å². The Kier molecular flexibility index (Phi) is 2.77. The van der Waals surface area contributed by atoms with Crippen molar-refractivity contribution in [3.63, 3.8) is 0 Å². The van der Waals surface area contributed by atoms with Gasteiger partial charge in [-0.3, -0.25) is 0 Å². The van der Waals surface area contributed by atoms with Gasteiger partial charge in [-0.2, -0.15) is 4.98 Å². The van der Waals surface area contributed by atoms with Crippen molar-refractivity contribution in [2.24, 2.45) is 5.73 Å². The van der Waals surface area contributed by atoms with Crippen LogP contribution < -0.4 is 5.73 Å². The fourth-order valence-corrected chi connectivity index (χ4v) is 1.21. The number of rotatable bonds is 4. The summed E-state index contributed by atoms with van der Waals surface area (Å²) >= 11 is 0. The number of aryl methyl sites for hydroxylation is 1. The highest BCUT2D eigenvalue weighted by Crippen LogP contribution is 2.06. The topological polar surface area (TPSA) is 91.0 Å². The van der Waals surface area contributed by atoms with Crippen LogP contribution in [0.4, 0.5) is 0 Å². The molecule has 0 fully saturated rings. The highest BCUT2D eigenvalue weighted by molar-refractivity contribution is 5.00. The molecular weight excluding hydrogens is 196 g/mol. The Labute approximate surface area is 86.5 Å². The maximum absolute atomic E-state index is 5.37. The van der Waals surface area contributed by atoms with Gasteiger partial charge in [-0.25, -0.2) is 4.98 Å². The number of aromatic nitrogens is 3. The van der Waals surface area contributed by atoms with Gasteiger partial charge in [0.15, 0.2) is 5.82 Å². The minimum Gasteiger partial charge on any atom is -0.448 e. The predicted octanol–water partition coefficient (Wildman–Crippen LogP) is 0.458. The van der Waals surface area contributed by atoms with Crippen molar-refractivity contribution in [1.29, 1.82) is 0 Å². The molecule has 0 aliphatic rings. The molecule has 0 radical (unpaired) electrons. The lowest BCUT2D eigenvalue weighted by Gasteiger charge is -1.86. The molecule has 0 atom stereocenters. The van der Waals surface area contributed by atoms with Gasteiger partial charge in [0, 0.05) is 13.0 Å². The molecule has 0 saturated carbocycles. The zero-order valence-electron chi connectivity index (χ0n) is 8.43. The van der Waals surface area contributed by atoms with Gasteiger partial charge in [0.05, 0.1) is 12.1 Å². The van der Waals surface area contributed by atoms with E-state index in [1.165, 1.54) is 0 Å². The summed E-state index contributed by atoms with van der Waals surface area (Å²) in [5.41, 5.74) is 6.21. The molecule has 0 unspecified atom stereocenters. The van der Waals surface area contributed by atoms with Gasteiger partial charge in [-0.1, -0.05) is 5.16 Å². The molecule has 80 valence electrons. The van der Waals surface area contributed by atoms with E-state index in [0.717, 1.165) is 5.69 Å². The number of nitrogens with two attached hydrogens (primary N) is 1. The van der Waals surface area contributed by atoms with Gasteiger partial charge in [-0.15, -0.1) is 0 Å². The van der Waals surface area contributed by atoms with Crippen LogP contribution in [0.2, 0.25) is 0 Å². The Morgan fingerprint density at radius 3 is 2.87 bits per heavy atom. The monoisotopic (exact) mass is 208 g/mol. The van der Waals surface area contributed by atoms with Crippen LogP contribution in [0.5, 0.6) is 0 Å². The normalized spacial score (nSPS) is 10.8. The molecule has 0 saturated heterocycles. The fourth-order valence-electron chi connectivity index (χ4n) is 1.21. The van der Waals surface area contributed by atoms with Gasteiger partial charge >= 0.3 is 0 Å². The molecular formula is C9H12N4O2. The first kappa shape index (κ1) is 9.85. The minimum atomic E-state index is 0.446. The number of nitrogens with zero attached hydrogens (tertiary/aromatic N) is 3. The largest absolute Gasteiger partial charge is 0.448 e. The predicted molar refractivity (Wildman–Crippen MR) is 51.1 cm³/mol. The summed E-state index contributed by atoms with van der Waals surface area (Å²) in [6, 6.07) is 0. The first-order chi connectivity index (χ1) is 7.28. The molecule has 0 amide bonds. The van der Waals surface area contributed by atoms with Crippen LogP contribution in [0.1, 0.15) is 23.3 Å². The van der Waals surface area contributed by atoms with E-state index in [4.69, 9.17) is 14.7 Å². The van der Waals surface area contributed by atoms with Crippen LogP contribution >= 0.6 is 0 Å². The van der Waals surface area contributed by atoms with E-state index in [-0.39, 0.29) is 0 Å². The van der Waals surface area contributed by atoms with Gasteiger partial charge < -0.3 is 14.7 Å². The summed E-state index contributed by atoms with van der Waals surface area (Å²) in [5.74, 6) is 1.71. The quantitative estimate of drug-likeness (QED) is 0.784. The Morgan fingerprint density at radius 2 is 2.20 bits per heavy atom. The second-order valence-corrected chi connectivity index (χ2v) is 3.20. The van der Waals surface area contributed by atoms with E-state index in [0.29, 0.717) is 37.0 Å². The summed E-state index contributed by atoms with van der Waals surface area (Å²) in [5, 5.41) is 3.80. The highest BCUT2D eigenvalue weighted by Gasteiger charge is 2.09. The summed E-state index contributed by atoms with van der Waals surface area (Å²) in [6.07, 6.45) is 2.63. The molecule has 2 N–H and O–H groups in total. The molecule has 6 heteroatoms. The lowest BCUT2D eigenvalue weighted by atomic mass is 10.4. The molecule has 2 rings (SSSR count). The van der Waals surface area contributed by atoms with Crippen molar-refractivity contribution in [2.45, 2.75) is 19.8 Å². The highest BCUT2D eigenvalue weighted by atomic mass is 16.5. The Balaban J connectivity index is 2.04. The van der Waals surface area contributed by atoms with Gasteiger partial charge in [0.2, 0.25) is 11.8 Å². The van der Waals surface area contributed by atoms with Gasteiger partial charge in [0.25, 0.3) is 0 Å². The lowest BCUT2D eigenvalue weighted by Crippen LogP contribution is -2.02. The average Bonchev–Trinajstić information content (AvgIpc) is 2.78. The summed E-state index contributed by atoms with van der Waals surface area (Å²) < 4.78 is 10.2. The average molecular weight is 208 g/mol. The molecule has 15 heavy (non-hydrogen) atoms. The van der Waals surface area contributed by atoms with E-state index in [1.54, 1.807) is 6.26 Å². The molecule has 0 aromatic carbocycles. The second kappa shape index (κ2) is 4.22. The summed E-state index contributed by atoms with van der Waals surface area (Å²) in [6.45, 7) is 2.36. The first-order valence-electron chi connectivity index (χ1n) is 4.70. The van der Waals surface area contributed by atoms with E-state index >= 15 is 0 Å². The van der Waals surface area contributed by atoms with Crippen LogP contribution in [-0.4, -0.2) is 21.7 Å². The van der Waals surface area contributed by atoms with E-state index in [1.807, 2.05) is 6.92 Å². The molecule has 2 heterocycles.